The van der Waals surface area contributed by atoms with Gasteiger partial charge in [0.25, 0.3) is 0 Å². The Morgan fingerprint density at radius 3 is 2.61 bits per heavy atom. The molecule has 0 heterocycles. The molecule has 0 unspecified atom stereocenters. The van der Waals surface area contributed by atoms with Crippen molar-refractivity contribution < 1.29 is 9.13 Å². The van der Waals surface area contributed by atoms with E-state index in [0.29, 0.717) is 11.3 Å². The lowest BCUT2D eigenvalue weighted by Gasteiger charge is -2.08. The Morgan fingerprint density at radius 2 is 1.89 bits per heavy atom. The van der Waals surface area contributed by atoms with Gasteiger partial charge in [-0.1, -0.05) is 12.1 Å². The molecule has 0 spiro atoms. The molecule has 0 radical (unpaired) electrons. The molecule has 0 aliphatic heterocycles. The van der Waals surface area contributed by atoms with Gasteiger partial charge in [-0.05, 0) is 55.4 Å². The smallest absolute Gasteiger partial charge is 0.127 e. The summed E-state index contributed by atoms with van der Waals surface area (Å²) < 4.78 is 18.8. The third-order valence-electron chi connectivity index (χ3n) is 2.64. The summed E-state index contributed by atoms with van der Waals surface area (Å²) in [5.41, 5.74) is 1.73. The molecule has 1 N–H and O–H groups in total. The molecular weight excluding hydrogens is 229 g/mol. The van der Waals surface area contributed by atoms with Gasteiger partial charge >= 0.3 is 0 Å². The van der Waals surface area contributed by atoms with Crippen molar-refractivity contribution in [2.75, 3.05) is 7.05 Å². The molecule has 0 saturated heterocycles. The van der Waals surface area contributed by atoms with Crippen molar-refractivity contribution in [3.63, 3.8) is 0 Å². The summed E-state index contributed by atoms with van der Waals surface area (Å²) in [4.78, 5) is 0. The molecule has 2 aromatic rings. The number of aryl methyl sites for hydroxylation is 1. The number of halogens is 1. The molecule has 0 saturated carbocycles. The van der Waals surface area contributed by atoms with Crippen LogP contribution in [0.25, 0.3) is 0 Å². The van der Waals surface area contributed by atoms with E-state index in [9.17, 15) is 4.39 Å². The average molecular weight is 245 g/mol. The first-order chi connectivity index (χ1) is 8.69. The van der Waals surface area contributed by atoms with Crippen LogP contribution in [0.5, 0.6) is 11.5 Å². The van der Waals surface area contributed by atoms with E-state index in [0.717, 1.165) is 17.9 Å². The number of rotatable bonds is 4. The molecule has 18 heavy (non-hydrogen) atoms. The number of benzene rings is 2. The van der Waals surface area contributed by atoms with E-state index in [1.165, 1.54) is 6.07 Å². The van der Waals surface area contributed by atoms with Gasteiger partial charge < -0.3 is 10.1 Å². The summed E-state index contributed by atoms with van der Waals surface area (Å²) >= 11 is 0. The van der Waals surface area contributed by atoms with E-state index < -0.39 is 0 Å². The van der Waals surface area contributed by atoms with E-state index >= 15 is 0 Å². The van der Waals surface area contributed by atoms with Crippen molar-refractivity contribution in [1.82, 2.24) is 5.32 Å². The molecule has 0 aromatic heterocycles. The van der Waals surface area contributed by atoms with Crippen molar-refractivity contribution in [3.8, 4) is 11.5 Å². The van der Waals surface area contributed by atoms with Gasteiger partial charge in [0.05, 0.1) is 0 Å². The maximum atomic E-state index is 13.1. The van der Waals surface area contributed by atoms with Gasteiger partial charge in [0, 0.05) is 6.54 Å². The Balaban J connectivity index is 2.17. The fourth-order valence-electron chi connectivity index (χ4n) is 1.74. The van der Waals surface area contributed by atoms with Gasteiger partial charge in [-0.3, -0.25) is 0 Å². The predicted molar refractivity (Wildman–Crippen MR) is 70.4 cm³/mol. The number of nitrogens with one attached hydrogen (secondary N) is 1. The number of hydrogen-bond donors (Lipinski definition) is 1. The second-order valence-electron chi connectivity index (χ2n) is 4.19. The lowest BCUT2D eigenvalue weighted by Crippen LogP contribution is -2.04. The van der Waals surface area contributed by atoms with Crippen LogP contribution in [0.4, 0.5) is 4.39 Å². The fourth-order valence-corrected chi connectivity index (χ4v) is 1.74. The molecule has 0 aliphatic carbocycles. The summed E-state index contributed by atoms with van der Waals surface area (Å²) in [6.07, 6.45) is 0. The van der Waals surface area contributed by atoms with E-state index in [2.05, 4.69) is 5.32 Å². The molecule has 3 heteroatoms. The largest absolute Gasteiger partial charge is 0.457 e. The van der Waals surface area contributed by atoms with Crippen LogP contribution >= 0.6 is 0 Å². The Bertz CT molecular complexity index is 540. The molecule has 2 rings (SSSR count). The summed E-state index contributed by atoms with van der Waals surface area (Å²) in [7, 11) is 1.90. The highest BCUT2D eigenvalue weighted by Gasteiger charge is 2.02. The summed E-state index contributed by atoms with van der Waals surface area (Å²) in [5, 5.41) is 3.09. The molecule has 2 aromatic carbocycles. The zero-order valence-electron chi connectivity index (χ0n) is 10.5. The first-order valence-corrected chi connectivity index (χ1v) is 5.86. The van der Waals surface area contributed by atoms with E-state index in [1.54, 1.807) is 19.1 Å². The van der Waals surface area contributed by atoms with Gasteiger partial charge in [0.1, 0.15) is 17.3 Å². The van der Waals surface area contributed by atoms with Gasteiger partial charge in [0.2, 0.25) is 0 Å². The SMILES string of the molecule is CNCc1cccc(Oc2ccc(F)c(C)c2)c1. The van der Waals surface area contributed by atoms with E-state index in [-0.39, 0.29) is 5.82 Å². The van der Waals surface area contributed by atoms with Crippen molar-refractivity contribution in [2.45, 2.75) is 13.5 Å². The van der Waals surface area contributed by atoms with Crippen molar-refractivity contribution >= 4 is 0 Å². The summed E-state index contributed by atoms with van der Waals surface area (Å²) in [6, 6.07) is 12.6. The molecular formula is C15H16FNO. The van der Waals surface area contributed by atoms with Gasteiger partial charge in [-0.15, -0.1) is 0 Å². The molecule has 2 nitrogen and oxygen atoms in total. The minimum absolute atomic E-state index is 0.216. The van der Waals surface area contributed by atoms with Gasteiger partial charge in [0.15, 0.2) is 0 Å². The zero-order valence-corrected chi connectivity index (χ0v) is 10.5. The van der Waals surface area contributed by atoms with Crippen LogP contribution in [-0.2, 0) is 6.54 Å². The van der Waals surface area contributed by atoms with Gasteiger partial charge in [-0.25, -0.2) is 4.39 Å². The standard InChI is InChI=1S/C15H16FNO/c1-11-8-14(6-7-15(11)16)18-13-5-3-4-12(9-13)10-17-2/h3-9,17H,10H2,1-2H3. The second kappa shape index (κ2) is 5.65. The summed E-state index contributed by atoms with van der Waals surface area (Å²) in [5.74, 6) is 1.19. The van der Waals surface area contributed by atoms with Crippen LogP contribution in [0.1, 0.15) is 11.1 Å². The monoisotopic (exact) mass is 245 g/mol. The quantitative estimate of drug-likeness (QED) is 0.887. The number of hydrogen-bond acceptors (Lipinski definition) is 2. The molecule has 0 fully saturated rings. The molecule has 0 atom stereocenters. The van der Waals surface area contributed by atoms with Crippen LogP contribution in [0.3, 0.4) is 0 Å². The van der Waals surface area contributed by atoms with Crippen molar-refractivity contribution in [2.24, 2.45) is 0 Å². The summed E-state index contributed by atoms with van der Waals surface area (Å²) in [6.45, 7) is 2.51. The van der Waals surface area contributed by atoms with Crippen LogP contribution in [-0.4, -0.2) is 7.05 Å². The normalized spacial score (nSPS) is 10.4. The first kappa shape index (κ1) is 12.6. The van der Waals surface area contributed by atoms with E-state index in [4.69, 9.17) is 4.74 Å². The molecule has 0 amide bonds. The molecule has 94 valence electrons. The topological polar surface area (TPSA) is 21.3 Å². The minimum Gasteiger partial charge on any atom is -0.457 e. The highest BCUT2D eigenvalue weighted by Crippen LogP contribution is 2.24. The highest BCUT2D eigenvalue weighted by atomic mass is 19.1. The predicted octanol–water partition coefficient (Wildman–Crippen LogP) is 3.65. The van der Waals surface area contributed by atoms with Crippen LogP contribution in [0.2, 0.25) is 0 Å². The Morgan fingerprint density at radius 1 is 1.11 bits per heavy atom. The van der Waals surface area contributed by atoms with Gasteiger partial charge in [-0.2, -0.15) is 0 Å². The fraction of sp³-hybridized carbons (Fsp3) is 0.200. The highest BCUT2D eigenvalue weighted by molar-refractivity contribution is 5.36. The van der Waals surface area contributed by atoms with Crippen LogP contribution in [0, 0.1) is 12.7 Å². The first-order valence-electron chi connectivity index (χ1n) is 5.86. The molecule has 0 aliphatic rings. The number of ether oxygens (including phenoxy) is 1. The van der Waals surface area contributed by atoms with Crippen LogP contribution < -0.4 is 10.1 Å². The van der Waals surface area contributed by atoms with Crippen molar-refractivity contribution in [1.29, 1.82) is 0 Å². The second-order valence-corrected chi connectivity index (χ2v) is 4.19. The zero-order chi connectivity index (χ0) is 13.0. The lowest BCUT2D eigenvalue weighted by molar-refractivity contribution is 0.479. The minimum atomic E-state index is -0.216. The molecule has 0 bridgehead atoms. The third kappa shape index (κ3) is 3.08. The third-order valence-corrected chi connectivity index (χ3v) is 2.64. The lowest BCUT2D eigenvalue weighted by atomic mass is 10.2. The maximum absolute atomic E-state index is 13.1. The maximum Gasteiger partial charge on any atom is 0.127 e. The van der Waals surface area contributed by atoms with Crippen LogP contribution in [0.15, 0.2) is 42.5 Å². The Labute approximate surface area is 106 Å². The average Bonchev–Trinajstić information content (AvgIpc) is 2.35. The van der Waals surface area contributed by atoms with Crippen molar-refractivity contribution in [3.05, 3.63) is 59.4 Å². The Hall–Kier alpha value is -1.87. The Kier molecular flexibility index (Phi) is 3.95. The van der Waals surface area contributed by atoms with E-state index in [1.807, 2.05) is 31.3 Å².